The molecule has 0 aliphatic carbocycles. The van der Waals surface area contributed by atoms with Gasteiger partial charge in [0.05, 0.1) is 0 Å². The summed E-state index contributed by atoms with van der Waals surface area (Å²) in [6.45, 7) is 5.70. The number of carbonyl (C=O) groups excluding carboxylic acids is 2. The molecule has 4 heteroatoms. The van der Waals surface area contributed by atoms with E-state index >= 15 is 0 Å². The average Bonchev–Trinajstić information content (AvgIpc) is 2.50. The summed E-state index contributed by atoms with van der Waals surface area (Å²) in [5, 5.41) is 0. The molecular weight excluding hydrogens is 292 g/mol. The molecule has 0 fully saturated rings. The maximum absolute atomic E-state index is 11.8. The fourth-order valence-electron chi connectivity index (χ4n) is 2.50. The molecule has 0 amide bonds. The van der Waals surface area contributed by atoms with Gasteiger partial charge in [-0.1, -0.05) is 71.6 Å². The topological polar surface area (TPSA) is 52.6 Å². The van der Waals surface area contributed by atoms with E-state index in [1.54, 1.807) is 0 Å². The van der Waals surface area contributed by atoms with Crippen LogP contribution >= 0.6 is 0 Å². The van der Waals surface area contributed by atoms with Gasteiger partial charge in [-0.3, -0.25) is 9.59 Å². The number of hydrogen-bond donors (Lipinski definition) is 0. The number of ether oxygens (including phenoxy) is 2. The molecule has 0 aliphatic heterocycles. The minimum Gasteiger partial charge on any atom is -0.425 e. The third-order valence-corrected chi connectivity index (χ3v) is 3.84. The molecule has 0 rings (SSSR count). The maximum Gasteiger partial charge on any atom is 0.308 e. The molecule has 0 saturated heterocycles. The van der Waals surface area contributed by atoms with Gasteiger partial charge in [-0.05, 0) is 12.8 Å². The second kappa shape index (κ2) is 15.8. The monoisotopic (exact) mass is 328 g/mol. The lowest BCUT2D eigenvalue weighted by Gasteiger charge is -2.17. The van der Waals surface area contributed by atoms with Crippen LogP contribution in [0.15, 0.2) is 0 Å². The standard InChI is InChI=1S/C19H36O4/c1-4-6-8-10-11-12-14-16-19(22-17(3)20)23-18(21)15-13-9-7-5-2/h19H,4-16H2,1-3H3. The van der Waals surface area contributed by atoms with Crippen molar-refractivity contribution in [2.45, 2.75) is 111 Å². The van der Waals surface area contributed by atoms with Crippen molar-refractivity contribution in [1.29, 1.82) is 0 Å². The normalized spacial score (nSPS) is 12.0. The van der Waals surface area contributed by atoms with Gasteiger partial charge in [-0.2, -0.15) is 0 Å². The zero-order chi connectivity index (χ0) is 17.3. The third-order valence-electron chi connectivity index (χ3n) is 3.84. The third kappa shape index (κ3) is 15.6. The Hall–Kier alpha value is -1.06. The Morgan fingerprint density at radius 1 is 0.739 bits per heavy atom. The number of esters is 2. The Labute approximate surface area is 142 Å². The highest BCUT2D eigenvalue weighted by Crippen LogP contribution is 2.13. The average molecular weight is 328 g/mol. The first kappa shape index (κ1) is 21.9. The second-order valence-corrected chi connectivity index (χ2v) is 6.25. The summed E-state index contributed by atoms with van der Waals surface area (Å²) in [5.41, 5.74) is 0. The van der Waals surface area contributed by atoms with Crippen LogP contribution in [0.4, 0.5) is 0 Å². The van der Waals surface area contributed by atoms with E-state index in [9.17, 15) is 9.59 Å². The van der Waals surface area contributed by atoms with E-state index in [2.05, 4.69) is 13.8 Å². The summed E-state index contributed by atoms with van der Waals surface area (Å²) in [6, 6.07) is 0. The van der Waals surface area contributed by atoms with Crippen molar-refractivity contribution in [2.24, 2.45) is 0 Å². The molecule has 0 N–H and O–H groups in total. The highest BCUT2D eigenvalue weighted by Gasteiger charge is 2.16. The molecule has 136 valence electrons. The lowest BCUT2D eigenvalue weighted by atomic mass is 10.1. The van der Waals surface area contributed by atoms with Gasteiger partial charge >= 0.3 is 11.9 Å². The van der Waals surface area contributed by atoms with Gasteiger partial charge in [0.25, 0.3) is 0 Å². The van der Waals surface area contributed by atoms with Crippen LogP contribution in [0.25, 0.3) is 0 Å². The van der Waals surface area contributed by atoms with Crippen molar-refractivity contribution in [2.75, 3.05) is 0 Å². The minimum atomic E-state index is -0.707. The summed E-state index contributed by atoms with van der Waals surface area (Å²) in [5.74, 6) is -0.646. The quantitative estimate of drug-likeness (QED) is 0.225. The summed E-state index contributed by atoms with van der Waals surface area (Å²) >= 11 is 0. The van der Waals surface area contributed by atoms with Gasteiger partial charge in [0.1, 0.15) is 0 Å². The molecule has 0 aliphatic rings. The molecule has 0 heterocycles. The zero-order valence-electron chi connectivity index (χ0n) is 15.4. The minimum absolute atomic E-state index is 0.254. The molecule has 0 aromatic carbocycles. The van der Waals surface area contributed by atoms with Crippen LogP contribution in [0.3, 0.4) is 0 Å². The summed E-state index contributed by atoms with van der Waals surface area (Å²) in [4.78, 5) is 22.9. The van der Waals surface area contributed by atoms with E-state index < -0.39 is 12.3 Å². The fourth-order valence-corrected chi connectivity index (χ4v) is 2.50. The van der Waals surface area contributed by atoms with E-state index in [0.29, 0.717) is 12.8 Å². The molecule has 0 radical (unpaired) electrons. The zero-order valence-corrected chi connectivity index (χ0v) is 15.4. The highest BCUT2D eigenvalue weighted by atomic mass is 16.7. The van der Waals surface area contributed by atoms with Crippen LogP contribution in [-0.2, 0) is 19.1 Å². The first-order valence-corrected chi connectivity index (χ1v) is 9.46. The van der Waals surface area contributed by atoms with Crippen molar-refractivity contribution in [3.8, 4) is 0 Å². The second-order valence-electron chi connectivity index (χ2n) is 6.25. The van der Waals surface area contributed by atoms with Crippen LogP contribution in [0.1, 0.15) is 104 Å². The molecule has 1 unspecified atom stereocenters. The predicted molar refractivity (Wildman–Crippen MR) is 93.0 cm³/mol. The number of carbonyl (C=O) groups is 2. The molecule has 1 atom stereocenters. The summed E-state index contributed by atoms with van der Waals surface area (Å²) in [7, 11) is 0. The smallest absolute Gasteiger partial charge is 0.308 e. The lowest BCUT2D eigenvalue weighted by Crippen LogP contribution is -2.23. The maximum atomic E-state index is 11.8. The number of rotatable bonds is 15. The van der Waals surface area contributed by atoms with E-state index in [-0.39, 0.29) is 5.97 Å². The number of unbranched alkanes of at least 4 members (excludes halogenated alkanes) is 9. The Morgan fingerprint density at radius 2 is 1.26 bits per heavy atom. The van der Waals surface area contributed by atoms with Crippen molar-refractivity contribution in [3.05, 3.63) is 0 Å². The summed E-state index contributed by atoms with van der Waals surface area (Å²) < 4.78 is 10.4. The fraction of sp³-hybridized carbons (Fsp3) is 0.895. The van der Waals surface area contributed by atoms with Crippen molar-refractivity contribution in [3.63, 3.8) is 0 Å². The lowest BCUT2D eigenvalue weighted by molar-refractivity contribution is -0.187. The van der Waals surface area contributed by atoms with Crippen molar-refractivity contribution >= 4 is 11.9 Å². The van der Waals surface area contributed by atoms with Gasteiger partial charge in [-0.25, -0.2) is 0 Å². The molecule has 0 aromatic heterocycles. The van der Waals surface area contributed by atoms with Crippen LogP contribution in [0.2, 0.25) is 0 Å². The molecule has 0 saturated carbocycles. The van der Waals surface area contributed by atoms with Crippen molar-refractivity contribution < 1.29 is 19.1 Å². The van der Waals surface area contributed by atoms with E-state index in [1.807, 2.05) is 0 Å². The highest BCUT2D eigenvalue weighted by molar-refractivity contribution is 5.70. The Balaban J connectivity index is 3.87. The van der Waals surface area contributed by atoms with E-state index in [1.165, 1.54) is 39.0 Å². The van der Waals surface area contributed by atoms with Gasteiger partial charge < -0.3 is 9.47 Å². The largest absolute Gasteiger partial charge is 0.425 e. The molecule has 0 aromatic rings. The van der Waals surface area contributed by atoms with Crippen LogP contribution in [-0.4, -0.2) is 18.2 Å². The molecule has 23 heavy (non-hydrogen) atoms. The van der Waals surface area contributed by atoms with Crippen molar-refractivity contribution in [1.82, 2.24) is 0 Å². The Morgan fingerprint density at radius 3 is 1.83 bits per heavy atom. The summed E-state index contributed by atoms with van der Waals surface area (Å²) in [6.07, 6.45) is 12.8. The van der Waals surface area contributed by atoms with Crippen LogP contribution in [0.5, 0.6) is 0 Å². The molecule has 0 spiro atoms. The van der Waals surface area contributed by atoms with Gasteiger partial charge in [0.2, 0.25) is 6.29 Å². The SMILES string of the molecule is CCCCCCCCCC(OC(C)=O)OC(=O)CCCCCC. The van der Waals surface area contributed by atoms with E-state index in [0.717, 1.165) is 38.5 Å². The Bertz CT molecular complexity index is 302. The van der Waals surface area contributed by atoms with Gasteiger partial charge in [0, 0.05) is 19.8 Å². The van der Waals surface area contributed by atoms with E-state index in [4.69, 9.17) is 9.47 Å². The predicted octanol–water partition coefficient (Wildman–Crippen LogP) is 5.53. The van der Waals surface area contributed by atoms with Gasteiger partial charge in [-0.15, -0.1) is 0 Å². The Kier molecular flexibility index (Phi) is 15.1. The molecular formula is C19H36O4. The first-order chi connectivity index (χ1) is 11.1. The van der Waals surface area contributed by atoms with Crippen LogP contribution in [0, 0.1) is 0 Å². The number of hydrogen-bond acceptors (Lipinski definition) is 4. The van der Waals surface area contributed by atoms with Gasteiger partial charge in [0.15, 0.2) is 0 Å². The molecule has 0 bridgehead atoms. The first-order valence-electron chi connectivity index (χ1n) is 9.46. The molecule has 4 nitrogen and oxygen atoms in total. The van der Waals surface area contributed by atoms with Crippen LogP contribution < -0.4 is 0 Å².